The molecule has 2 aromatic carbocycles. The van der Waals surface area contributed by atoms with Crippen molar-refractivity contribution >= 4 is 27.6 Å². The monoisotopic (exact) mass is 382 g/mol. The molecular weight excluding hydrogens is 367 g/mol. The van der Waals surface area contributed by atoms with Crippen molar-refractivity contribution in [1.82, 2.24) is 0 Å². The molecule has 0 spiro atoms. The fourth-order valence-corrected chi connectivity index (χ4v) is 2.37. The predicted molar refractivity (Wildman–Crippen MR) is 89.3 cm³/mol. The van der Waals surface area contributed by atoms with Gasteiger partial charge in [-0.25, -0.2) is 22.7 Å². The van der Waals surface area contributed by atoms with Crippen LogP contribution in [0.15, 0.2) is 53.4 Å². The van der Waals surface area contributed by atoms with E-state index in [1.165, 1.54) is 48.5 Å². The normalized spacial score (nSPS) is 10.8. The molecule has 0 bridgehead atoms. The average Bonchev–Trinajstić information content (AvgIpc) is 2.59. The molecule has 0 fully saturated rings. The first-order valence-electron chi connectivity index (χ1n) is 7.21. The maximum atomic E-state index is 12.7. The molecule has 0 unspecified atom stereocenters. The third kappa shape index (κ3) is 6.15. The number of primary sulfonamides is 1. The van der Waals surface area contributed by atoms with E-state index in [-0.39, 0.29) is 16.3 Å². The molecule has 0 saturated heterocycles. The molecule has 8 nitrogen and oxygen atoms in total. The number of anilines is 1. The zero-order valence-corrected chi connectivity index (χ0v) is 14.2. The van der Waals surface area contributed by atoms with E-state index < -0.39 is 40.9 Å². The van der Waals surface area contributed by atoms with Crippen molar-refractivity contribution in [3.8, 4) is 5.75 Å². The molecule has 10 heteroatoms. The first-order chi connectivity index (χ1) is 12.2. The van der Waals surface area contributed by atoms with Crippen LogP contribution in [0.2, 0.25) is 0 Å². The lowest BCUT2D eigenvalue weighted by Crippen LogP contribution is -2.23. The van der Waals surface area contributed by atoms with E-state index in [0.717, 1.165) is 0 Å². The number of nitrogens with two attached hydrogens (primary N) is 1. The van der Waals surface area contributed by atoms with E-state index in [0.29, 0.717) is 0 Å². The van der Waals surface area contributed by atoms with E-state index in [9.17, 15) is 22.4 Å². The Labute approximate surface area is 148 Å². The van der Waals surface area contributed by atoms with E-state index in [1.807, 2.05) is 0 Å². The molecule has 138 valence electrons. The van der Waals surface area contributed by atoms with Crippen LogP contribution in [0.25, 0.3) is 0 Å². The third-order valence-electron chi connectivity index (χ3n) is 2.98. The Balaban J connectivity index is 1.79. The highest BCUT2D eigenvalue weighted by molar-refractivity contribution is 7.89. The van der Waals surface area contributed by atoms with Crippen molar-refractivity contribution in [3.05, 3.63) is 54.3 Å². The number of esters is 1. The van der Waals surface area contributed by atoms with E-state index in [2.05, 4.69) is 5.32 Å². The number of benzene rings is 2. The van der Waals surface area contributed by atoms with Gasteiger partial charge in [-0.2, -0.15) is 0 Å². The summed E-state index contributed by atoms with van der Waals surface area (Å²) in [5.41, 5.74) is 0.181. The topological polar surface area (TPSA) is 125 Å². The zero-order valence-electron chi connectivity index (χ0n) is 13.3. The second-order valence-electron chi connectivity index (χ2n) is 5.02. The fraction of sp³-hybridized carbons (Fsp3) is 0.125. The van der Waals surface area contributed by atoms with Gasteiger partial charge in [0, 0.05) is 5.69 Å². The minimum absolute atomic E-state index is 0.167. The van der Waals surface area contributed by atoms with Crippen LogP contribution in [-0.2, 0) is 24.3 Å². The Morgan fingerprint density at radius 3 is 2.42 bits per heavy atom. The van der Waals surface area contributed by atoms with Crippen molar-refractivity contribution in [2.45, 2.75) is 4.90 Å². The summed E-state index contributed by atoms with van der Waals surface area (Å²) < 4.78 is 45.0. The molecule has 2 aromatic rings. The minimum atomic E-state index is -3.90. The Morgan fingerprint density at radius 2 is 1.77 bits per heavy atom. The molecule has 0 aliphatic rings. The lowest BCUT2D eigenvalue weighted by molar-refractivity contribution is -0.149. The van der Waals surface area contributed by atoms with Gasteiger partial charge in [-0.15, -0.1) is 0 Å². The van der Waals surface area contributed by atoms with Crippen LogP contribution >= 0.6 is 0 Å². The number of hydrogen-bond donors (Lipinski definition) is 2. The Hall–Kier alpha value is -2.98. The molecule has 26 heavy (non-hydrogen) atoms. The van der Waals surface area contributed by atoms with Gasteiger partial charge in [-0.05, 0) is 42.5 Å². The number of carbonyl (C=O) groups excluding carboxylic acids is 2. The zero-order chi connectivity index (χ0) is 19.2. The van der Waals surface area contributed by atoms with Gasteiger partial charge in [-0.1, -0.05) is 6.07 Å². The van der Waals surface area contributed by atoms with Crippen molar-refractivity contribution in [1.29, 1.82) is 0 Å². The number of ether oxygens (including phenoxy) is 2. The van der Waals surface area contributed by atoms with Gasteiger partial charge in [0.15, 0.2) is 13.2 Å². The molecule has 0 heterocycles. The molecule has 0 atom stereocenters. The summed E-state index contributed by atoms with van der Waals surface area (Å²) >= 11 is 0. The van der Waals surface area contributed by atoms with E-state index in [4.69, 9.17) is 14.6 Å². The van der Waals surface area contributed by atoms with Crippen molar-refractivity contribution in [2.75, 3.05) is 18.5 Å². The molecule has 2 rings (SSSR count). The summed E-state index contributed by atoms with van der Waals surface area (Å²) in [6, 6.07) is 10.3. The average molecular weight is 382 g/mol. The van der Waals surface area contributed by atoms with Gasteiger partial charge in [0.05, 0.1) is 4.90 Å². The van der Waals surface area contributed by atoms with Crippen molar-refractivity contribution < 1.29 is 31.9 Å². The molecule has 1 amide bonds. The highest BCUT2D eigenvalue weighted by atomic mass is 32.2. The molecule has 0 aliphatic carbocycles. The highest BCUT2D eigenvalue weighted by Gasteiger charge is 2.11. The largest absolute Gasteiger partial charge is 0.482 e. The number of nitrogens with one attached hydrogen (secondary N) is 1. The highest BCUT2D eigenvalue weighted by Crippen LogP contribution is 2.14. The molecule has 3 N–H and O–H groups in total. The summed E-state index contributed by atoms with van der Waals surface area (Å²) in [7, 11) is -3.90. The molecule has 0 radical (unpaired) electrons. The summed E-state index contributed by atoms with van der Waals surface area (Å²) in [5.74, 6) is -1.65. The second-order valence-corrected chi connectivity index (χ2v) is 6.59. The number of carbonyl (C=O) groups is 2. The van der Waals surface area contributed by atoms with Crippen LogP contribution in [-0.4, -0.2) is 33.5 Å². The van der Waals surface area contributed by atoms with E-state index >= 15 is 0 Å². The van der Waals surface area contributed by atoms with Crippen molar-refractivity contribution in [3.63, 3.8) is 0 Å². The lowest BCUT2D eigenvalue weighted by atomic mass is 10.3. The summed E-state index contributed by atoms with van der Waals surface area (Å²) in [5, 5.41) is 7.37. The summed E-state index contributed by atoms with van der Waals surface area (Å²) in [6.07, 6.45) is 0. The van der Waals surface area contributed by atoms with Gasteiger partial charge in [0.2, 0.25) is 10.0 Å². The van der Waals surface area contributed by atoms with Crippen LogP contribution < -0.4 is 15.2 Å². The smallest absolute Gasteiger partial charge is 0.344 e. The molecule has 0 aliphatic heterocycles. The molecular formula is C16H15FN2O6S. The van der Waals surface area contributed by atoms with Gasteiger partial charge in [0.25, 0.3) is 5.91 Å². The number of amides is 1. The first kappa shape index (κ1) is 19.3. The predicted octanol–water partition coefficient (Wildman–Crippen LogP) is 1.03. The SMILES string of the molecule is NS(=O)(=O)c1cccc(NC(=O)COC(=O)COc2ccc(F)cc2)c1. The standard InChI is InChI=1S/C16H15FN2O6S/c17-11-4-6-13(7-5-11)24-10-16(21)25-9-15(20)19-12-2-1-3-14(8-12)26(18,22)23/h1-8H,9-10H2,(H,19,20)(H2,18,22,23). The van der Waals surface area contributed by atoms with Crippen LogP contribution in [0.3, 0.4) is 0 Å². The van der Waals surface area contributed by atoms with Gasteiger partial charge < -0.3 is 14.8 Å². The maximum Gasteiger partial charge on any atom is 0.344 e. The third-order valence-corrected chi connectivity index (χ3v) is 3.89. The van der Waals surface area contributed by atoms with Gasteiger partial charge in [0.1, 0.15) is 11.6 Å². The number of sulfonamides is 1. The summed E-state index contributed by atoms with van der Waals surface area (Å²) in [6.45, 7) is -1.05. The lowest BCUT2D eigenvalue weighted by Gasteiger charge is -2.08. The van der Waals surface area contributed by atoms with E-state index in [1.54, 1.807) is 0 Å². The van der Waals surface area contributed by atoms with Gasteiger partial charge in [-0.3, -0.25) is 4.79 Å². The fourth-order valence-electron chi connectivity index (χ4n) is 1.81. The maximum absolute atomic E-state index is 12.7. The number of halogens is 1. The Kier molecular flexibility index (Phi) is 6.26. The molecule has 0 saturated carbocycles. The quantitative estimate of drug-likeness (QED) is 0.689. The van der Waals surface area contributed by atoms with Crippen LogP contribution in [0, 0.1) is 5.82 Å². The van der Waals surface area contributed by atoms with Crippen LogP contribution in [0.5, 0.6) is 5.75 Å². The van der Waals surface area contributed by atoms with Crippen LogP contribution in [0.1, 0.15) is 0 Å². The second kappa shape index (κ2) is 8.41. The first-order valence-corrected chi connectivity index (χ1v) is 8.75. The van der Waals surface area contributed by atoms with Crippen molar-refractivity contribution in [2.24, 2.45) is 5.14 Å². The van der Waals surface area contributed by atoms with Gasteiger partial charge >= 0.3 is 5.97 Å². The molecule has 0 aromatic heterocycles. The number of rotatable bonds is 7. The minimum Gasteiger partial charge on any atom is -0.482 e. The summed E-state index contributed by atoms with van der Waals surface area (Å²) in [4.78, 5) is 23.1. The number of hydrogen-bond acceptors (Lipinski definition) is 6. The Morgan fingerprint density at radius 1 is 1.08 bits per heavy atom. The Bertz CT molecular complexity index is 899. The van der Waals surface area contributed by atoms with Crippen LogP contribution in [0.4, 0.5) is 10.1 Å².